The molecule has 0 fully saturated rings. The molecular weight excluding hydrogens is 288 g/mol. The molecule has 0 saturated carbocycles. The van der Waals surface area contributed by atoms with Gasteiger partial charge in [-0.15, -0.1) is 0 Å². The van der Waals surface area contributed by atoms with Crippen molar-refractivity contribution in [1.82, 2.24) is 0 Å². The lowest BCUT2D eigenvalue weighted by Crippen LogP contribution is -2.02. The van der Waals surface area contributed by atoms with Crippen LogP contribution in [0.5, 0.6) is 5.75 Å². The van der Waals surface area contributed by atoms with E-state index in [1.807, 2.05) is 12.1 Å². The summed E-state index contributed by atoms with van der Waals surface area (Å²) in [5.74, 6) is -0.0606. The highest BCUT2D eigenvalue weighted by Gasteiger charge is 2.13. The first-order chi connectivity index (χ1) is 8.16. The van der Waals surface area contributed by atoms with Gasteiger partial charge < -0.3 is 14.3 Å². The number of halogens is 1. The SMILES string of the molecule is O=C(O)c1ccoc1COc1ccc(Br)cc1. The van der Waals surface area contributed by atoms with E-state index in [1.54, 1.807) is 12.1 Å². The lowest BCUT2D eigenvalue weighted by atomic mass is 10.2. The van der Waals surface area contributed by atoms with Crippen LogP contribution in [0.2, 0.25) is 0 Å². The van der Waals surface area contributed by atoms with E-state index in [9.17, 15) is 4.79 Å². The van der Waals surface area contributed by atoms with Crippen LogP contribution in [0.15, 0.2) is 45.5 Å². The molecule has 5 heteroatoms. The van der Waals surface area contributed by atoms with Gasteiger partial charge in [0, 0.05) is 4.47 Å². The van der Waals surface area contributed by atoms with Gasteiger partial charge in [0.2, 0.25) is 0 Å². The molecule has 88 valence electrons. The van der Waals surface area contributed by atoms with E-state index < -0.39 is 5.97 Å². The second kappa shape index (κ2) is 5.05. The summed E-state index contributed by atoms with van der Waals surface area (Å²) in [6.45, 7) is 0.0935. The van der Waals surface area contributed by atoms with Crippen LogP contribution in [0.1, 0.15) is 16.1 Å². The van der Waals surface area contributed by atoms with Crippen molar-refractivity contribution in [3.05, 3.63) is 52.4 Å². The molecule has 0 atom stereocenters. The molecular formula is C12H9BrO4. The number of carbonyl (C=O) groups is 1. The van der Waals surface area contributed by atoms with Crippen LogP contribution in [-0.4, -0.2) is 11.1 Å². The highest BCUT2D eigenvalue weighted by atomic mass is 79.9. The van der Waals surface area contributed by atoms with Crippen LogP contribution < -0.4 is 4.74 Å². The monoisotopic (exact) mass is 296 g/mol. The number of carboxylic acids is 1. The number of benzene rings is 1. The van der Waals surface area contributed by atoms with Crippen LogP contribution >= 0.6 is 15.9 Å². The van der Waals surface area contributed by atoms with E-state index in [2.05, 4.69) is 15.9 Å². The van der Waals surface area contributed by atoms with Crippen molar-refractivity contribution >= 4 is 21.9 Å². The summed E-state index contributed by atoms with van der Waals surface area (Å²) in [5.41, 5.74) is 0.127. The molecule has 1 N–H and O–H groups in total. The first-order valence-corrected chi connectivity index (χ1v) is 5.64. The highest BCUT2D eigenvalue weighted by Crippen LogP contribution is 2.18. The second-order valence-electron chi connectivity index (χ2n) is 3.31. The molecule has 1 heterocycles. The lowest BCUT2D eigenvalue weighted by molar-refractivity contribution is 0.0692. The Kier molecular flexibility index (Phi) is 3.49. The normalized spacial score (nSPS) is 10.2. The Morgan fingerprint density at radius 1 is 1.29 bits per heavy atom. The number of hydrogen-bond donors (Lipinski definition) is 1. The second-order valence-corrected chi connectivity index (χ2v) is 4.22. The van der Waals surface area contributed by atoms with Crippen LogP contribution in [0.3, 0.4) is 0 Å². The molecule has 0 aliphatic heterocycles. The topological polar surface area (TPSA) is 59.7 Å². The van der Waals surface area contributed by atoms with Crippen LogP contribution in [0.4, 0.5) is 0 Å². The summed E-state index contributed by atoms with van der Waals surface area (Å²) in [6, 6.07) is 8.66. The largest absolute Gasteiger partial charge is 0.486 e. The first-order valence-electron chi connectivity index (χ1n) is 4.85. The Labute approximate surface area is 106 Å². The van der Waals surface area contributed by atoms with Crippen molar-refractivity contribution in [1.29, 1.82) is 0 Å². The van der Waals surface area contributed by atoms with E-state index in [0.717, 1.165) is 4.47 Å². The number of ether oxygens (including phenoxy) is 1. The maximum absolute atomic E-state index is 10.8. The maximum Gasteiger partial charge on any atom is 0.339 e. The predicted octanol–water partition coefficient (Wildman–Crippen LogP) is 3.32. The van der Waals surface area contributed by atoms with Crippen molar-refractivity contribution in [3.63, 3.8) is 0 Å². The standard InChI is InChI=1S/C12H9BrO4/c13-8-1-3-9(4-2-8)17-7-11-10(12(14)15)5-6-16-11/h1-6H,7H2,(H,14,15). The molecule has 1 aromatic heterocycles. The van der Waals surface area contributed by atoms with Gasteiger partial charge in [0.05, 0.1) is 6.26 Å². The van der Waals surface area contributed by atoms with Gasteiger partial charge in [-0.1, -0.05) is 15.9 Å². The minimum atomic E-state index is -1.02. The van der Waals surface area contributed by atoms with Crippen LogP contribution in [0, 0.1) is 0 Å². The van der Waals surface area contributed by atoms with E-state index in [-0.39, 0.29) is 12.2 Å². The summed E-state index contributed by atoms with van der Waals surface area (Å²) in [6.07, 6.45) is 1.34. The molecule has 0 amide bonds. The van der Waals surface area contributed by atoms with Crippen molar-refractivity contribution in [2.24, 2.45) is 0 Å². The summed E-state index contributed by atoms with van der Waals surface area (Å²) in [4.78, 5) is 10.8. The molecule has 17 heavy (non-hydrogen) atoms. The van der Waals surface area contributed by atoms with E-state index >= 15 is 0 Å². The first kappa shape index (κ1) is 11.7. The molecule has 0 saturated heterocycles. The summed E-state index contributed by atoms with van der Waals surface area (Å²) in [5, 5.41) is 8.87. The molecule has 2 rings (SSSR count). The Morgan fingerprint density at radius 3 is 2.65 bits per heavy atom. The van der Waals surface area contributed by atoms with Gasteiger partial charge in [0.25, 0.3) is 0 Å². The number of aromatic carboxylic acids is 1. The fourth-order valence-electron chi connectivity index (χ4n) is 1.32. The van der Waals surface area contributed by atoms with Crippen molar-refractivity contribution in [2.75, 3.05) is 0 Å². The lowest BCUT2D eigenvalue weighted by Gasteiger charge is -2.04. The smallest absolute Gasteiger partial charge is 0.339 e. The zero-order valence-electron chi connectivity index (χ0n) is 8.72. The summed E-state index contributed by atoms with van der Waals surface area (Å²) in [7, 11) is 0. The molecule has 1 aromatic carbocycles. The van der Waals surface area contributed by atoms with Gasteiger partial charge in [-0.25, -0.2) is 4.79 Å². The van der Waals surface area contributed by atoms with Gasteiger partial charge in [-0.2, -0.15) is 0 Å². The van der Waals surface area contributed by atoms with Gasteiger partial charge in [0.15, 0.2) is 5.76 Å². The third-order valence-electron chi connectivity index (χ3n) is 2.16. The van der Waals surface area contributed by atoms with E-state index in [1.165, 1.54) is 12.3 Å². The van der Waals surface area contributed by atoms with Crippen molar-refractivity contribution in [3.8, 4) is 5.75 Å². The molecule has 0 aliphatic rings. The van der Waals surface area contributed by atoms with Crippen LogP contribution in [0.25, 0.3) is 0 Å². The predicted molar refractivity (Wildman–Crippen MR) is 64.1 cm³/mol. The number of hydrogen-bond acceptors (Lipinski definition) is 3. The van der Waals surface area contributed by atoms with E-state index in [0.29, 0.717) is 11.5 Å². The average molecular weight is 297 g/mol. The Hall–Kier alpha value is -1.75. The Bertz CT molecular complexity index is 516. The molecule has 0 radical (unpaired) electrons. The maximum atomic E-state index is 10.8. The molecule has 2 aromatic rings. The third-order valence-corrected chi connectivity index (χ3v) is 2.69. The highest BCUT2D eigenvalue weighted by molar-refractivity contribution is 9.10. The fourth-order valence-corrected chi connectivity index (χ4v) is 1.59. The zero-order chi connectivity index (χ0) is 12.3. The zero-order valence-corrected chi connectivity index (χ0v) is 10.3. The minimum absolute atomic E-state index is 0.0935. The summed E-state index contributed by atoms with van der Waals surface area (Å²) < 4.78 is 11.4. The van der Waals surface area contributed by atoms with Gasteiger partial charge in [0.1, 0.15) is 17.9 Å². The van der Waals surface area contributed by atoms with Gasteiger partial charge in [-0.3, -0.25) is 0 Å². The van der Waals surface area contributed by atoms with Gasteiger partial charge in [-0.05, 0) is 30.3 Å². The molecule has 4 nitrogen and oxygen atoms in total. The van der Waals surface area contributed by atoms with Crippen molar-refractivity contribution in [2.45, 2.75) is 6.61 Å². The number of rotatable bonds is 4. The Morgan fingerprint density at radius 2 is 2.00 bits per heavy atom. The summed E-state index contributed by atoms with van der Waals surface area (Å²) >= 11 is 3.31. The fraction of sp³-hybridized carbons (Fsp3) is 0.0833. The Balaban J connectivity index is 2.05. The quantitative estimate of drug-likeness (QED) is 0.940. The number of carboxylic acid groups (broad SMARTS) is 1. The van der Waals surface area contributed by atoms with E-state index in [4.69, 9.17) is 14.3 Å². The van der Waals surface area contributed by atoms with Crippen molar-refractivity contribution < 1.29 is 19.1 Å². The molecule has 0 spiro atoms. The molecule has 0 bridgehead atoms. The molecule has 0 unspecified atom stereocenters. The van der Waals surface area contributed by atoms with Gasteiger partial charge >= 0.3 is 5.97 Å². The van der Waals surface area contributed by atoms with Crippen LogP contribution in [-0.2, 0) is 6.61 Å². The molecule has 0 aliphatic carbocycles. The minimum Gasteiger partial charge on any atom is -0.486 e. The average Bonchev–Trinajstić information content (AvgIpc) is 2.76. The third kappa shape index (κ3) is 2.88. The number of furan rings is 1.